The monoisotopic (exact) mass is 352 g/mol. The summed E-state index contributed by atoms with van der Waals surface area (Å²) in [5, 5.41) is 3.80. The van der Waals surface area contributed by atoms with E-state index < -0.39 is 5.91 Å². The van der Waals surface area contributed by atoms with Crippen LogP contribution in [0.1, 0.15) is 47.0 Å². The van der Waals surface area contributed by atoms with Gasteiger partial charge in [0, 0.05) is 17.8 Å². The van der Waals surface area contributed by atoms with Gasteiger partial charge in [-0.1, -0.05) is 0 Å². The maximum absolute atomic E-state index is 11.8. The predicted octanol–water partition coefficient (Wildman–Crippen LogP) is 2.15. The number of thiophene rings is 1. The summed E-state index contributed by atoms with van der Waals surface area (Å²) < 4.78 is 5.07. The number of carbonyl (C=O) groups excluding carboxylic acids is 3. The Morgan fingerprint density at radius 1 is 1.38 bits per heavy atom. The molecule has 6 nitrogen and oxygen atoms in total. The lowest BCUT2D eigenvalue weighted by molar-refractivity contribution is -0.148. The molecule has 1 aromatic rings. The summed E-state index contributed by atoms with van der Waals surface area (Å²) in [5.74, 6) is -0.198. The van der Waals surface area contributed by atoms with Crippen LogP contribution in [0.15, 0.2) is 0 Å². The summed E-state index contributed by atoms with van der Waals surface area (Å²) in [5.41, 5.74) is 7.03. The van der Waals surface area contributed by atoms with Gasteiger partial charge >= 0.3 is 5.97 Å². The van der Waals surface area contributed by atoms with Crippen LogP contribution in [-0.4, -0.2) is 31.8 Å². The Morgan fingerprint density at radius 3 is 2.54 bits per heavy atom. The highest BCUT2D eigenvalue weighted by Crippen LogP contribution is 2.39. The fraction of sp³-hybridized carbons (Fsp3) is 0.588. The van der Waals surface area contributed by atoms with Crippen molar-refractivity contribution < 1.29 is 19.1 Å². The summed E-state index contributed by atoms with van der Waals surface area (Å²) in [6.45, 7) is 2.21. The predicted molar refractivity (Wildman–Crippen MR) is 93.3 cm³/mol. The molecule has 0 radical (unpaired) electrons. The average molecular weight is 352 g/mol. The van der Waals surface area contributed by atoms with E-state index >= 15 is 0 Å². The van der Waals surface area contributed by atoms with Gasteiger partial charge in [-0.2, -0.15) is 0 Å². The zero-order chi connectivity index (χ0) is 17.7. The fourth-order valence-corrected chi connectivity index (χ4v) is 4.00. The van der Waals surface area contributed by atoms with Crippen LogP contribution in [0.3, 0.4) is 0 Å². The fourth-order valence-electron chi connectivity index (χ4n) is 2.72. The first-order chi connectivity index (χ1) is 11.5. The minimum atomic E-state index is -0.406. The molecule has 0 spiro atoms. The number of nitrogens with two attached hydrogens (primary N) is 1. The van der Waals surface area contributed by atoms with Crippen molar-refractivity contribution in [1.29, 1.82) is 0 Å². The standard InChI is InChI=1S/C13H18N2O3S.C4H6O/c1-3-18-13(17)7-4-5-8-9(6-7)19-12(15-2)10(8)11(14)16;5-3-4-1-2-4/h7,15H,3-6H2,1-2H3,(H2,14,16);3-4H,1-2H2. The second kappa shape index (κ2) is 8.28. The lowest BCUT2D eigenvalue weighted by Crippen LogP contribution is -2.25. The van der Waals surface area contributed by atoms with Gasteiger partial charge in [0.2, 0.25) is 0 Å². The number of carbonyl (C=O) groups is 3. The molecule has 1 heterocycles. The van der Waals surface area contributed by atoms with Crippen LogP contribution >= 0.6 is 11.3 Å². The molecular formula is C17H24N2O4S. The molecule has 1 fully saturated rings. The first-order valence-corrected chi connectivity index (χ1v) is 9.07. The third-order valence-corrected chi connectivity index (χ3v) is 5.44. The highest BCUT2D eigenvalue weighted by molar-refractivity contribution is 7.16. The Kier molecular flexibility index (Phi) is 6.36. The summed E-state index contributed by atoms with van der Waals surface area (Å²) in [7, 11) is 1.77. The molecule has 3 rings (SSSR count). The molecule has 0 aliphatic heterocycles. The minimum absolute atomic E-state index is 0.100. The molecule has 3 N–H and O–H groups in total. The van der Waals surface area contributed by atoms with Crippen molar-refractivity contribution in [3.63, 3.8) is 0 Å². The summed E-state index contributed by atoms with van der Waals surface area (Å²) in [4.78, 5) is 33.9. The zero-order valence-corrected chi connectivity index (χ0v) is 14.9. The van der Waals surface area contributed by atoms with Gasteiger partial charge in [-0.15, -0.1) is 11.3 Å². The molecule has 1 aromatic heterocycles. The first kappa shape index (κ1) is 18.4. The number of aldehydes is 1. The van der Waals surface area contributed by atoms with Crippen LogP contribution in [-0.2, 0) is 27.2 Å². The Hall–Kier alpha value is -1.89. The van der Waals surface area contributed by atoms with Crippen LogP contribution in [0.2, 0.25) is 0 Å². The van der Waals surface area contributed by atoms with Crippen molar-refractivity contribution in [3.05, 3.63) is 16.0 Å². The van der Waals surface area contributed by atoms with Gasteiger partial charge in [0.15, 0.2) is 0 Å². The number of esters is 1. The third-order valence-electron chi connectivity index (χ3n) is 4.17. The topological polar surface area (TPSA) is 98.5 Å². The Morgan fingerprint density at radius 2 is 2.08 bits per heavy atom. The van der Waals surface area contributed by atoms with Crippen molar-refractivity contribution >= 4 is 34.5 Å². The number of nitrogens with one attached hydrogen (secondary N) is 1. The highest BCUT2D eigenvalue weighted by Gasteiger charge is 2.31. The zero-order valence-electron chi connectivity index (χ0n) is 14.1. The molecule has 1 atom stereocenters. The van der Waals surface area contributed by atoms with E-state index in [0.29, 0.717) is 37.4 Å². The Bertz CT molecular complexity index is 622. The van der Waals surface area contributed by atoms with E-state index in [1.165, 1.54) is 11.3 Å². The van der Waals surface area contributed by atoms with E-state index in [-0.39, 0.29) is 11.9 Å². The average Bonchev–Trinajstić information content (AvgIpc) is 3.33. The van der Waals surface area contributed by atoms with Crippen LogP contribution in [0.25, 0.3) is 0 Å². The van der Waals surface area contributed by atoms with Crippen molar-refractivity contribution in [1.82, 2.24) is 0 Å². The van der Waals surface area contributed by atoms with Gasteiger partial charge in [0.25, 0.3) is 5.91 Å². The Labute approximate surface area is 145 Å². The molecule has 7 heteroatoms. The van der Waals surface area contributed by atoms with Gasteiger partial charge < -0.3 is 20.6 Å². The number of fused-ring (bicyclic) bond motifs is 1. The molecule has 0 bridgehead atoms. The van der Waals surface area contributed by atoms with E-state index in [2.05, 4.69) is 5.32 Å². The van der Waals surface area contributed by atoms with Gasteiger partial charge in [0.05, 0.1) is 18.1 Å². The van der Waals surface area contributed by atoms with Crippen molar-refractivity contribution in [2.24, 2.45) is 17.6 Å². The molecule has 2 aliphatic rings. The molecule has 1 saturated carbocycles. The first-order valence-electron chi connectivity index (χ1n) is 8.25. The molecule has 1 amide bonds. The lowest BCUT2D eigenvalue weighted by Gasteiger charge is -2.20. The third kappa shape index (κ3) is 4.35. The van der Waals surface area contributed by atoms with E-state index in [1.807, 2.05) is 6.92 Å². The second-order valence-electron chi connectivity index (χ2n) is 5.99. The SMILES string of the molecule is CCOC(=O)C1CCc2c(sc(NC)c2C(N)=O)C1.O=CC1CC1. The highest BCUT2D eigenvalue weighted by atomic mass is 32.1. The number of hydrogen-bond acceptors (Lipinski definition) is 6. The summed E-state index contributed by atoms with van der Waals surface area (Å²) in [6, 6.07) is 0. The van der Waals surface area contributed by atoms with Crippen LogP contribution in [0.5, 0.6) is 0 Å². The van der Waals surface area contributed by atoms with Crippen molar-refractivity contribution in [2.45, 2.75) is 39.0 Å². The van der Waals surface area contributed by atoms with Crippen LogP contribution in [0, 0.1) is 11.8 Å². The number of primary amides is 1. The van der Waals surface area contributed by atoms with Gasteiger partial charge in [-0.3, -0.25) is 9.59 Å². The van der Waals surface area contributed by atoms with Crippen molar-refractivity contribution in [3.8, 4) is 0 Å². The number of hydrogen-bond donors (Lipinski definition) is 2. The summed E-state index contributed by atoms with van der Waals surface area (Å²) >= 11 is 1.51. The largest absolute Gasteiger partial charge is 0.466 e. The summed E-state index contributed by atoms with van der Waals surface area (Å²) in [6.07, 6.45) is 5.37. The van der Waals surface area contributed by atoms with E-state index in [4.69, 9.17) is 10.5 Å². The number of ether oxygens (including phenoxy) is 1. The van der Waals surface area contributed by atoms with Gasteiger partial charge in [-0.05, 0) is 44.6 Å². The molecule has 132 valence electrons. The van der Waals surface area contributed by atoms with Crippen molar-refractivity contribution in [2.75, 3.05) is 19.0 Å². The van der Waals surface area contributed by atoms with Crippen LogP contribution in [0.4, 0.5) is 5.00 Å². The maximum atomic E-state index is 11.8. The van der Waals surface area contributed by atoms with E-state index in [1.54, 1.807) is 7.05 Å². The van der Waals surface area contributed by atoms with Gasteiger partial charge in [-0.25, -0.2) is 0 Å². The number of rotatable bonds is 5. The van der Waals surface area contributed by atoms with E-state index in [0.717, 1.165) is 34.6 Å². The smallest absolute Gasteiger partial charge is 0.309 e. The van der Waals surface area contributed by atoms with E-state index in [9.17, 15) is 14.4 Å². The molecule has 0 saturated heterocycles. The number of amides is 1. The quantitative estimate of drug-likeness (QED) is 0.625. The van der Waals surface area contributed by atoms with Gasteiger partial charge in [0.1, 0.15) is 11.3 Å². The molecule has 2 aliphatic carbocycles. The minimum Gasteiger partial charge on any atom is -0.466 e. The van der Waals surface area contributed by atoms with Crippen LogP contribution < -0.4 is 11.1 Å². The molecule has 0 aromatic carbocycles. The lowest BCUT2D eigenvalue weighted by atomic mass is 9.87. The molecular weight excluding hydrogens is 328 g/mol. The molecule has 24 heavy (non-hydrogen) atoms. The maximum Gasteiger partial charge on any atom is 0.309 e. The second-order valence-corrected chi connectivity index (χ2v) is 7.09. The molecule has 1 unspecified atom stereocenters. The normalized spacial score (nSPS) is 18.7. The Balaban J connectivity index is 0.000000355. The number of anilines is 1.